The number of aliphatic hydroxyl groups excluding tert-OH is 1. The lowest BCUT2D eigenvalue weighted by atomic mass is 9.96. The van der Waals surface area contributed by atoms with Gasteiger partial charge in [0.15, 0.2) is 0 Å². The monoisotopic (exact) mass is 267 g/mol. The van der Waals surface area contributed by atoms with Crippen LogP contribution in [0, 0.1) is 11.7 Å². The quantitative estimate of drug-likeness (QED) is 0.863. The Labute approximate surface area is 113 Å². The highest BCUT2D eigenvalue weighted by Gasteiger charge is 2.24. The molecule has 3 atom stereocenters. The van der Waals surface area contributed by atoms with Gasteiger partial charge in [-0.15, -0.1) is 0 Å². The second-order valence-corrected chi connectivity index (χ2v) is 5.43. The Morgan fingerprint density at radius 3 is 3.00 bits per heavy atom. The van der Waals surface area contributed by atoms with Gasteiger partial charge in [-0.05, 0) is 37.4 Å². The standard InChI is InChI=1S/C14H22FN3O/c1-10-4-6-18(9-14(10)19)7-5-12(16)13-3-2-11(15)8-17-13/h2-3,8,10,12,14,19H,4-7,9,16H2,1H3. The molecule has 106 valence electrons. The van der Waals surface area contributed by atoms with Crippen LogP contribution in [0.15, 0.2) is 18.3 Å². The van der Waals surface area contributed by atoms with Crippen molar-refractivity contribution < 1.29 is 9.50 Å². The van der Waals surface area contributed by atoms with Gasteiger partial charge in [0.1, 0.15) is 5.82 Å². The van der Waals surface area contributed by atoms with E-state index in [1.165, 1.54) is 12.3 Å². The van der Waals surface area contributed by atoms with Crippen LogP contribution in [-0.2, 0) is 0 Å². The van der Waals surface area contributed by atoms with Crippen LogP contribution in [0.5, 0.6) is 0 Å². The van der Waals surface area contributed by atoms with Crippen molar-refractivity contribution in [3.8, 4) is 0 Å². The first-order valence-electron chi connectivity index (χ1n) is 6.83. The predicted octanol–water partition coefficient (Wildman–Crippen LogP) is 1.31. The maximum atomic E-state index is 12.8. The van der Waals surface area contributed by atoms with Gasteiger partial charge < -0.3 is 15.7 Å². The molecule has 0 saturated carbocycles. The predicted molar refractivity (Wildman–Crippen MR) is 72.0 cm³/mol. The molecule has 1 aliphatic heterocycles. The first kappa shape index (κ1) is 14.4. The Morgan fingerprint density at radius 2 is 2.37 bits per heavy atom. The third-order valence-electron chi connectivity index (χ3n) is 3.89. The van der Waals surface area contributed by atoms with Gasteiger partial charge >= 0.3 is 0 Å². The van der Waals surface area contributed by atoms with Gasteiger partial charge in [-0.3, -0.25) is 4.98 Å². The number of pyridine rings is 1. The molecule has 0 aliphatic carbocycles. The number of piperidine rings is 1. The van der Waals surface area contributed by atoms with Gasteiger partial charge in [0.2, 0.25) is 0 Å². The Morgan fingerprint density at radius 1 is 1.58 bits per heavy atom. The molecule has 0 amide bonds. The van der Waals surface area contributed by atoms with Gasteiger partial charge in [-0.25, -0.2) is 4.39 Å². The van der Waals surface area contributed by atoms with Crippen LogP contribution < -0.4 is 5.73 Å². The van der Waals surface area contributed by atoms with E-state index in [0.29, 0.717) is 18.2 Å². The molecular weight excluding hydrogens is 245 g/mol. The van der Waals surface area contributed by atoms with Gasteiger partial charge in [-0.2, -0.15) is 0 Å². The topological polar surface area (TPSA) is 62.4 Å². The molecule has 0 radical (unpaired) electrons. The van der Waals surface area contributed by atoms with E-state index >= 15 is 0 Å². The van der Waals surface area contributed by atoms with E-state index in [1.807, 2.05) is 0 Å². The van der Waals surface area contributed by atoms with Crippen molar-refractivity contribution in [1.29, 1.82) is 0 Å². The molecule has 1 aromatic heterocycles. The van der Waals surface area contributed by atoms with Crippen LogP contribution in [0.2, 0.25) is 0 Å². The summed E-state index contributed by atoms with van der Waals surface area (Å²) in [6.07, 6.45) is 2.74. The summed E-state index contributed by atoms with van der Waals surface area (Å²) in [4.78, 5) is 6.23. The first-order valence-corrected chi connectivity index (χ1v) is 6.83. The van der Waals surface area contributed by atoms with Gasteiger partial charge in [0.05, 0.1) is 18.0 Å². The summed E-state index contributed by atoms with van der Waals surface area (Å²) in [5.74, 6) is 0.0350. The third kappa shape index (κ3) is 3.96. The average molecular weight is 267 g/mol. The Balaban J connectivity index is 1.80. The molecule has 1 saturated heterocycles. The molecule has 3 unspecified atom stereocenters. The number of likely N-dealkylation sites (tertiary alicyclic amines) is 1. The van der Waals surface area contributed by atoms with Crippen molar-refractivity contribution in [3.63, 3.8) is 0 Å². The summed E-state index contributed by atoms with van der Waals surface area (Å²) in [6, 6.07) is 2.83. The molecule has 1 aromatic rings. The van der Waals surface area contributed by atoms with E-state index in [0.717, 1.165) is 25.9 Å². The van der Waals surface area contributed by atoms with Crippen molar-refractivity contribution in [3.05, 3.63) is 29.8 Å². The number of hydrogen-bond donors (Lipinski definition) is 2. The van der Waals surface area contributed by atoms with Crippen LogP contribution in [0.25, 0.3) is 0 Å². The number of β-amino-alcohol motifs (C(OH)–C–C–N with tert-alkyl or cyclic N) is 1. The zero-order valence-corrected chi connectivity index (χ0v) is 11.3. The molecule has 2 heterocycles. The summed E-state index contributed by atoms with van der Waals surface area (Å²) < 4.78 is 12.8. The Bertz CT molecular complexity index is 398. The minimum Gasteiger partial charge on any atom is -0.392 e. The summed E-state index contributed by atoms with van der Waals surface area (Å²) in [5, 5.41) is 9.83. The lowest BCUT2D eigenvalue weighted by molar-refractivity contribution is 0.0281. The fraction of sp³-hybridized carbons (Fsp3) is 0.643. The minimum absolute atomic E-state index is 0.183. The average Bonchev–Trinajstić information content (AvgIpc) is 2.40. The molecule has 2 rings (SSSR count). The molecule has 5 heteroatoms. The van der Waals surface area contributed by atoms with Crippen LogP contribution in [0.1, 0.15) is 31.5 Å². The highest BCUT2D eigenvalue weighted by molar-refractivity contribution is 5.09. The van der Waals surface area contributed by atoms with E-state index in [1.54, 1.807) is 6.07 Å². The van der Waals surface area contributed by atoms with E-state index in [9.17, 15) is 9.50 Å². The normalized spacial score (nSPS) is 26.3. The number of nitrogens with two attached hydrogens (primary N) is 1. The van der Waals surface area contributed by atoms with Crippen molar-refractivity contribution in [2.45, 2.75) is 31.9 Å². The zero-order valence-electron chi connectivity index (χ0n) is 11.3. The smallest absolute Gasteiger partial charge is 0.141 e. The minimum atomic E-state index is -0.343. The van der Waals surface area contributed by atoms with Crippen LogP contribution in [0.3, 0.4) is 0 Å². The van der Waals surface area contributed by atoms with Gasteiger partial charge in [-0.1, -0.05) is 6.92 Å². The summed E-state index contributed by atoms with van der Waals surface area (Å²) in [6.45, 7) is 4.63. The Hall–Kier alpha value is -1.04. The van der Waals surface area contributed by atoms with E-state index in [2.05, 4.69) is 16.8 Å². The third-order valence-corrected chi connectivity index (χ3v) is 3.89. The SMILES string of the molecule is CC1CCN(CCC(N)c2ccc(F)cn2)CC1O. The number of aliphatic hydroxyl groups is 1. The lowest BCUT2D eigenvalue weighted by Crippen LogP contribution is -2.43. The van der Waals surface area contributed by atoms with Crippen LogP contribution in [0.4, 0.5) is 4.39 Å². The molecule has 1 fully saturated rings. The number of rotatable bonds is 4. The van der Waals surface area contributed by atoms with Crippen molar-refractivity contribution in [2.75, 3.05) is 19.6 Å². The van der Waals surface area contributed by atoms with Crippen LogP contribution in [-0.4, -0.2) is 40.7 Å². The molecule has 3 N–H and O–H groups in total. The summed E-state index contributed by atoms with van der Waals surface area (Å²) in [5.41, 5.74) is 6.77. The van der Waals surface area contributed by atoms with Crippen molar-refractivity contribution in [2.24, 2.45) is 11.7 Å². The molecule has 19 heavy (non-hydrogen) atoms. The molecule has 4 nitrogen and oxygen atoms in total. The maximum absolute atomic E-state index is 12.8. The summed E-state index contributed by atoms with van der Waals surface area (Å²) >= 11 is 0. The molecular formula is C14H22FN3O. The first-order chi connectivity index (χ1) is 9.06. The largest absolute Gasteiger partial charge is 0.392 e. The summed E-state index contributed by atoms with van der Waals surface area (Å²) in [7, 11) is 0. The van der Waals surface area contributed by atoms with E-state index in [-0.39, 0.29) is 18.0 Å². The number of hydrogen-bond acceptors (Lipinski definition) is 4. The highest BCUT2D eigenvalue weighted by Crippen LogP contribution is 2.19. The van der Waals surface area contributed by atoms with E-state index in [4.69, 9.17) is 5.73 Å². The van der Waals surface area contributed by atoms with E-state index < -0.39 is 0 Å². The maximum Gasteiger partial charge on any atom is 0.141 e. The molecule has 0 bridgehead atoms. The fourth-order valence-electron chi connectivity index (χ4n) is 2.39. The molecule has 0 spiro atoms. The van der Waals surface area contributed by atoms with Crippen molar-refractivity contribution in [1.82, 2.24) is 9.88 Å². The number of aromatic nitrogens is 1. The van der Waals surface area contributed by atoms with Gasteiger partial charge in [0.25, 0.3) is 0 Å². The molecule has 1 aliphatic rings. The number of halogens is 1. The van der Waals surface area contributed by atoms with Gasteiger partial charge in [0, 0.05) is 19.1 Å². The van der Waals surface area contributed by atoms with Crippen LogP contribution >= 0.6 is 0 Å². The fourth-order valence-corrected chi connectivity index (χ4v) is 2.39. The molecule has 0 aromatic carbocycles. The van der Waals surface area contributed by atoms with Crippen molar-refractivity contribution >= 4 is 0 Å². The highest BCUT2D eigenvalue weighted by atomic mass is 19.1. The second kappa shape index (κ2) is 6.41. The zero-order chi connectivity index (χ0) is 13.8. The number of nitrogens with zero attached hydrogens (tertiary/aromatic N) is 2. The second-order valence-electron chi connectivity index (χ2n) is 5.43. The Kier molecular flexibility index (Phi) is 4.85. The lowest BCUT2D eigenvalue weighted by Gasteiger charge is -2.34.